The molecule has 2 aromatic carbocycles. The Morgan fingerprint density at radius 2 is 1.97 bits per heavy atom. The molecule has 3 N–H and O–H groups in total. The molecule has 1 amide bonds. The molecular weight excluding hydrogens is 416 g/mol. The lowest BCUT2D eigenvalue weighted by atomic mass is 9.81. The molecule has 0 saturated carbocycles. The number of benzene rings is 2. The van der Waals surface area contributed by atoms with Crippen molar-refractivity contribution in [2.75, 3.05) is 25.7 Å². The van der Waals surface area contributed by atoms with Gasteiger partial charge in [-0.1, -0.05) is 30.4 Å². The molecule has 2 aromatic rings. The van der Waals surface area contributed by atoms with Gasteiger partial charge in [-0.2, -0.15) is 0 Å². The number of piperidine rings is 1. The number of para-hydroxylation sites is 1. The Bertz CT molecular complexity index is 1060. The van der Waals surface area contributed by atoms with Gasteiger partial charge in [-0.3, -0.25) is 10.1 Å². The first-order valence-corrected chi connectivity index (χ1v) is 11.7. The number of carbonyl (C=O) groups is 1. The Morgan fingerprint density at radius 1 is 1.12 bits per heavy atom. The van der Waals surface area contributed by atoms with E-state index in [4.69, 9.17) is 9.47 Å². The molecule has 3 heterocycles. The number of carbonyl (C=O) groups excluding carboxylic acids is 1. The van der Waals surface area contributed by atoms with Crippen molar-refractivity contribution in [3.8, 4) is 11.5 Å². The highest BCUT2D eigenvalue weighted by molar-refractivity contribution is 5.82. The van der Waals surface area contributed by atoms with Crippen molar-refractivity contribution in [2.45, 2.75) is 38.3 Å². The third kappa shape index (κ3) is 4.07. The van der Waals surface area contributed by atoms with E-state index in [0.29, 0.717) is 6.04 Å². The Hall–Kier alpha value is -3.03. The highest BCUT2D eigenvalue weighted by Gasteiger charge is 2.45. The molecular formula is C26H32N4O3. The van der Waals surface area contributed by atoms with Crippen LogP contribution in [0.3, 0.4) is 0 Å². The molecule has 5 rings (SSSR count). The third-order valence-corrected chi connectivity index (χ3v) is 7.08. The lowest BCUT2D eigenvalue weighted by Crippen LogP contribution is -2.73. The number of hydrogen-bond donors (Lipinski definition) is 3. The van der Waals surface area contributed by atoms with Crippen molar-refractivity contribution < 1.29 is 14.3 Å². The van der Waals surface area contributed by atoms with Crippen molar-refractivity contribution >= 4 is 17.7 Å². The van der Waals surface area contributed by atoms with Crippen LogP contribution >= 0.6 is 0 Å². The molecule has 5 unspecified atom stereocenters. The Balaban J connectivity index is 1.34. The highest BCUT2D eigenvalue weighted by Crippen LogP contribution is 2.35. The summed E-state index contributed by atoms with van der Waals surface area (Å²) in [5.74, 6) is 1.54. The average molecular weight is 449 g/mol. The summed E-state index contributed by atoms with van der Waals surface area (Å²) in [5.41, 5.74) is 3.49. The number of hydrogen-bond acceptors (Lipinski definition) is 6. The van der Waals surface area contributed by atoms with Crippen molar-refractivity contribution in [2.24, 2.45) is 11.8 Å². The van der Waals surface area contributed by atoms with Crippen LogP contribution in [0.1, 0.15) is 24.5 Å². The van der Waals surface area contributed by atoms with Gasteiger partial charge in [0.2, 0.25) is 5.91 Å². The summed E-state index contributed by atoms with van der Waals surface area (Å²) in [7, 11) is 3.30. The van der Waals surface area contributed by atoms with Crippen LogP contribution in [0.25, 0.3) is 6.08 Å². The fraction of sp³-hybridized carbons (Fsp3) is 0.423. The number of allylic oxidation sites excluding steroid dienone is 1. The minimum atomic E-state index is -0.227. The predicted molar refractivity (Wildman–Crippen MR) is 129 cm³/mol. The number of anilines is 1. The van der Waals surface area contributed by atoms with Gasteiger partial charge in [-0.25, -0.2) is 0 Å². The zero-order chi connectivity index (χ0) is 22.9. The van der Waals surface area contributed by atoms with Crippen molar-refractivity contribution in [3.05, 3.63) is 59.7 Å². The molecule has 0 radical (unpaired) electrons. The second kappa shape index (κ2) is 9.08. The lowest BCUT2D eigenvalue weighted by molar-refractivity contribution is -0.132. The molecule has 0 aliphatic carbocycles. The molecule has 7 nitrogen and oxygen atoms in total. The van der Waals surface area contributed by atoms with Crippen LogP contribution in [0.5, 0.6) is 11.5 Å². The number of rotatable bonds is 5. The number of fused-ring (bicyclic) bond motifs is 2. The summed E-state index contributed by atoms with van der Waals surface area (Å²) >= 11 is 0. The van der Waals surface area contributed by atoms with Crippen molar-refractivity contribution in [1.82, 2.24) is 16.0 Å². The molecule has 5 atom stereocenters. The monoisotopic (exact) mass is 448 g/mol. The molecule has 33 heavy (non-hydrogen) atoms. The maximum Gasteiger partial charge on any atom is 0.229 e. The van der Waals surface area contributed by atoms with E-state index in [1.54, 1.807) is 14.2 Å². The maximum atomic E-state index is 13.3. The van der Waals surface area contributed by atoms with Gasteiger partial charge in [0.1, 0.15) is 11.5 Å². The van der Waals surface area contributed by atoms with Gasteiger partial charge < -0.3 is 25.0 Å². The quantitative estimate of drug-likeness (QED) is 0.653. The fourth-order valence-corrected chi connectivity index (χ4v) is 5.44. The first-order valence-electron chi connectivity index (χ1n) is 11.7. The first kappa shape index (κ1) is 21.8. The van der Waals surface area contributed by atoms with Gasteiger partial charge in [0.15, 0.2) is 6.29 Å². The Morgan fingerprint density at radius 3 is 2.79 bits per heavy atom. The molecule has 0 spiro atoms. The zero-order valence-corrected chi connectivity index (χ0v) is 19.4. The summed E-state index contributed by atoms with van der Waals surface area (Å²) in [5, 5.41) is 10.5. The molecule has 3 aliphatic heterocycles. The SMILES string of the molecule is COc1ccc(/C=C/C2CCNC3NC(N4c5ccccc5CC4C)NC(=O)C23)c(OC)c1. The van der Waals surface area contributed by atoms with Crippen LogP contribution < -0.4 is 30.3 Å². The normalized spacial score (nSPS) is 28.9. The van der Waals surface area contributed by atoms with Gasteiger partial charge in [-0.15, -0.1) is 0 Å². The van der Waals surface area contributed by atoms with Crippen LogP contribution in [-0.2, 0) is 11.2 Å². The van der Waals surface area contributed by atoms with Gasteiger partial charge in [0.05, 0.1) is 26.3 Å². The van der Waals surface area contributed by atoms with Crippen LogP contribution in [0.4, 0.5) is 5.69 Å². The minimum absolute atomic E-state index is 0.0788. The molecule has 7 heteroatoms. The largest absolute Gasteiger partial charge is 0.497 e. The zero-order valence-electron chi connectivity index (χ0n) is 19.4. The van der Waals surface area contributed by atoms with Crippen molar-refractivity contribution in [1.29, 1.82) is 0 Å². The fourth-order valence-electron chi connectivity index (χ4n) is 5.44. The number of methoxy groups -OCH3 is 2. The number of amides is 1. The molecule has 3 aliphatic rings. The predicted octanol–water partition coefficient (Wildman–Crippen LogP) is 2.72. The van der Waals surface area contributed by atoms with E-state index in [1.807, 2.05) is 18.2 Å². The summed E-state index contributed by atoms with van der Waals surface area (Å²) in [6.07, 6.45) is 5.79. The van der Waals surface area contributed by atoms with E-state index < -0.39 is 0 Å². The van der Waals surface area contributed by atoms with E-state index in [2.05, 4.69) is 64.2 Å². The van der Waals surface area contributed by atoms with E-state index in [0.717, 1.165) is 36.4 Å². The van der Waals surface area contributed by atoms with Crippen LogP contribution in [0.2, 0.25) is 0 Å². The standard InChI is InChI=1S/C26H32N4O3/c1-16-14-19-6-4-5-7-21(19)30(16)26-28-24-23(25(31)29-26)18(12-13-27-24)9-8-17-10-11-20(32-2)15-22(17)33-3/h4-11,15-16,18,23-24,26-28H,12-14H2,1-3H3,(H,29,31)/b9-8+. The number of ether oxygens (including phenoxy) is 2. The summed E-state index contributed by atoms with van der Waals surface area (Å²) in [6.45, 7) is 3.07. The summed E-state index contributed by atoms with van der Waals surface area (Å²) < 4.78 is 10.8. The molecule has 174 valence electrons. The van der Waals surface area contributed by atoms with Gasteiger partial charge >= 0.3 is 0 Å². The minimum Gasteiger partial charge on any atom is -0.497 e. The van der Waals surface area contributed by atoms with E-state index >= 15 is 0 Å². The Kier molecular flexibility index (Phi) is 6.00. The summed E-state index contributed by atoms with van der Waals surface area (Å²) in [4.78, 5) is 15.6. The topological polar surface area (TPSA) is 74.9 Å². The lowest BCUT2D eigenvalue weighted by Gasteiger charge is -2.47. The molecule has 2 saturated heterocycles. The smallest absolute Gasteiger partial charge is 0.229 e. The molecule has 0 aromatic heterocycles. The van der Waals surface area contributed by atoms with Crippen LogP contribution in [-0.4, -0.2) is 45.2 Å². The molecule has 2 fully saturated rings. The van der Waals surface area contributed by atoms with Crippen molar-refractivity contribution in [3.63, 3.8) is 0 Å². The third-order valence-electron chi connectivity index (χ3n) is 7.08. The maximum absolute atomic E-state index is 13.3. The molecule has 0 bridgehead atoms. The number of nitrogens with zero attached hydrogens (tertiary/aromatic N) is 1. The second-order valence-electron chi connectivity index (χ2n) is 9.04. The Labute approximate surface area is 195 Å². The van der Waals surface area contributed by atoms with Gasteiger partial charge in [-0.05, 0) is 56.0 Å². The van der Waals surface area contributed by atoms with E-state index in [9.17, 15) is 4.79 Å². The van der Waals surface area contributed by atoms with E-state index in [-0.39, 0.29) is 30.2 Å². The van der Waals surface area contributed by atoms with Crippen LogP contribution in [0.15, 0.2) is 48.5 Å². The first-order chi connectivity index (χ1) is 16.1. The van der Waals surface area contributed by atoms with E-state index in [1.165, 1.54) is 11.3 Å². The number of nitrogens with one attached hydrogen (secondary N) is 3. The highest BCUT2D eigenvalue weighted by atomic mass is 16.5. The van der Waals surface area contributed by atoms with Gasteiger partial charge in [0, 0.05) is 23.4 Å². The van der Waals surface area contributed by atoms with Gasteiger partial charge in [0.25, 0.3) is 0 Å². The summed E-state index contributed by atoms with van der Waals surface area (Å²) in [6, 6.07) is 14.5. The second-order valence-corrected chi connectivity index (χ2v) is 9.04. The average Bonchev–Trinajstić information content (AvgIpc) is 3.17. The van der Waals surface area contributed by atoms with Crippen LogP contribution in [0, 0.1) is 11.8 Å².